The van der Waals surface area contributed by atoms with Gasteiger partial charge in [0, 0.05) is 5.38 Å². The van der Waals surface area contributed by atoms with Crippen LogP contribution in [0.1, 0.15) is 16.7 Å². The van der Waals surface area contributed by atoms with Gasteiger partial charge in [-0.05, 0) is 49.6 Å². The molecule has 0 bridgehead atoms. The van der Waals surface area contributed by atoms with E-state index in [0.29, 0.717) is 0 Å². The van der Waals surface area contributed by atoms with Gasteiger partial charge in [-0.1, -0.05) is 29.8 Å². The second-order valence-corrected chi connectivity index (χ2v) is 6.48. The first-order chi connectivity index (χ1) is 10.1. The van der Waals surface area contributed by atoms with Gasteiger partial charge in [0.15, 0.2) is 4.96 Å². The van der Waals surface area contributed by atoms with Crippen LogP contribution in [-0.4, -0.2) is 9.38 Å². The molecule has 21 heavy (non-hydrogen) atoms. The number of benzene rings is 2. The monoisotopic (exact) mass is 292 g/mol. The zero-order valence-electron chi connectivity index (χ0n) is 12.3. The van der Waals surface area contributed by atoms with Crippen molar-refractivity contribution < 1.29 is 0 Å². The molecule has 0 N–H and O–H groups in total. The number of aromatic nitrogens is 2. The molecule has 0 amide bonds. The summed E-state index contributed by atoms with van der Waals surface area (Å²) in [6.07, 6.45) is 0. The summed E-state index contributed by atoms with van der Waals surface area (Å²) in [7, 11) is 0. The van der Waals surface area contributed by atoms with Gasteiger partial charge in [0.1, 0.15) is 0 Å². The van der Waals surface area contributed by atoms with Gasteiger partial charge >= 0.3 is 0 Å². The summed E-state index contributed by atoms with van der Waals surface area (Å²) in [4.78, 5) is 5.82. The number of nitrogens with zero attached hydrogens (tertiary/aromatic N) is 2. The highest BCUT2D eigenvalue weighted by molar-refractivity contribution is 7.15. The first-order valence-electron chi connectivity index (χ1n) is 7.07. The van der Waals surface area contributed by atoms with Crippen LogP contribution in [0.2, 0.25) is 0 Å². The van der Waals surface area contributed by atoms with Crippen LogP contribution in [-0.2, 0) is 0 Å². The number of hydrogen-bond donors (Lipinski definition) is 0. The van der Waals surface area contributed by atoms with Gasteiger partial charge in [-0.2, -0.15) is 0 Å². The minimum Gasteiger partial charge on any atom is -0.283 e. The van der Waals surface area contributed by atoms with Gasteiger partial charge in [-0.3, -0.25) is 4.40 Å². The predicted octanol–water partition coefficient (Wildman–Crippen LogP) is 5.14. The number of rotatable bonds is 1. The third kappa shape index (κ3) is 1.88. The minimum absolute atomic E-state index is 1.06. The molecule has 4 aromatic rings. The van der Waals surface area contributed by atoms with Crippen molar-refractivity contribution in [3.8, 4) is 11.3 Å². The Kier molecular flexibility index (Phi) is 2.66. The lowest BCUT2D eigenvalue weighted by Gasteiger charge is -2.04. The van der Waals surface area contributed by atoms with Crippen molar-refractivity contribution in [1.29, 1.82) is 0 Å². The molecule has 4 rings (SSSR count). The number of thiazole rings is 1. The highest BCUT2D eigenvalue weighted by atomic mass is 32.1. The molecule has 0 unspecified atom stereocenters. The third-order valence-electron chi connectivity index (χ3n) is 4.10. The van der Waals surface area contributed by atoms with E-state index in [4.69, 9.17) is 4.98 Å². The standard InChI is InChI=1S/C18H16N2S/c1-11-4-6-14(7-5-11)17-10-21-18-19-15-8-12(2)13(3)9-16(15)20(17)18/h4-10H,1-3H3. The molecule has 2 aromatic carbocycles. The number of aryl methyl sites for hydroxylation is 3. The van der Waals surface area contributed by atoms with E-state index < -0.39 is 0 Å². The molecule has 2 heterocycles. The Morgan fingerprint density at radius 2 is 1.67 bits per heavy atom. The normalized spacial score (nSPS) is 11.6. The summed E-state index contributed by atoms with van der Waals surface area (Å²) in [6, 6.07) is 13.1. The van der Waals surface area contributed by atoms with Crippen LogP contribution in [0.15, 0.2) is 41.8 Å². The molecular formula is C18H16N2S. The van der Waals surface area contributed by atoms with Crippen LogP contribution in [0.5, 0.6) is 0 Å². The molecule has 0 aliphatic rings. The Bertz CT molecular complexity index is 958. The SMILES string of the molecule is Cc1ccc(-c2csc3nc4cc(C)c(C)cc4n23)cc1. The molecule has 3 heteroatoms. The van der Waals surface area contributed by atoms with E-state index in [2.05, 4.69) is 67.0 Å². The molecule has 0 aliphatic heterocycles. The first kappa shape index (κ1) is 12.6. The van der Waals surface area contributed by atoms with Crippen molar-refractivity contribution >= 4 is 27.3 Å². The molecule has 0 aliphatic carbocycles. The number of imidazole rings is 1. The predicted molar refractivity (Wildman–Crippen MR) is 90.2 cm³/mol. The summed E-state index contributed by atoms with van der Waals surface area (Å²) in [5, 5.41) is 2.20. The maximum absolute atomic E-state index is 4.76. The molecule has 2 nitrogen and oxygen atoms in total. The zero-order valence-corrected chi connectivity index (χ0v) is 13.2. The summed E-state index contributed by atoms with van der Waals surface area (Å²) in [5.74, 6) is 0. The van der Waals surface area contributed by atoms with E-state index in [1.54, 1.807) is 11.3 Å². The summed E-state index contributed by atoms with van der Waals surface area (Å²) < 4.78 is 2.27. The van der Waals surface area contributed by atoms with Gasteiger partial charge in [-0.15, -0.1) is 11.3 Å². The molecule has 2 aromatic heterocycles. The molecule has 0 saturated carbocycles. The lowest BCUT2D eigenvalue weighted by Crippen LogP contribution is -1.88. The minimum atomic E-state index is 1.06. The quantitative estimate of drug-likeness (QED) is 0.475. The number of hydrogen-bond acceptors (Lipinski definition) is 2. The smallest absolute Gasteiger partial charge is 0.195 e. The van der Waals surface area contributed by atoms with Crippen molar-refractivity contribution in [3.63, 3.8) is 0 Å². The molecule has 0 spiro atoms. The van der Waals surface area contributed by atoms with Crippen molar-refractivity contribution in [2.24, 2.45) is 0 Å². The molecular weight excluding hydrogens is 276 g/mol. The van der Waals surface area contributed by atoms with Gasteiger partial charge in [0.05, 0.1) is 16.7 Å². The lowest BCUT2D eigenvalue weighted by atomic mass is 10.1. The summed E-state index contributed by atoms with van der Waals surface area (Å²) in [5.41, 5.74) is 8.64. The van der Waals surface area contributed by atoms with E-state index >= 15 is 0 Å². The van der Waals surface area contributed by atoms with E-state index in [1.165, 1.54) is 33.5 Å². The largest absolute Gasteiger partial charge is 0.283 e. The van der Waals surface area contributed by atoms with Crippen molar-refractivity contribution in [2.75, 3.05) is 0 Å². The van der Waals surface area contributed by atoms with Crippen LogP contribution in [0.25, 0.3) is 27.3 Å². The average molecular weight is 292 g/mol. The van der Waals surface area contributed by atoms with Gasteiger partial charge < -0.3 is 0 Å². The van der Waals surface area contributed by atoms with Crippen LogP contribution < -0.4 is 0 Å². The van der Waals surface area contributed by atoms with Crippen molar-refractivity contribution in [2.45, 2.75) is 20.8 Å². The molecule has 0 saturated heterocycles. The average Bonchev–Trinajstić information content (AvgIpc) is 3.00. The second-order valence-electron chi connectivity index (χ2n) is 5.64. The fourth-order valence-electron chi connectivity index (χ4n) is 2.70. The third-order valence-corrected chi connectivity index (χ3v) is 4.93. The summed E-state index contributed by atoms with van der Waals surface area (Å²) in [6.45, 7) is 6.42. The van der Waals surface area contributed by atoms with Crippen LogP contribution in [0.4, 0.5) is 0 Å². The van der Waals surface area contributed by atoms with Crippen LogP contribution in [0.3, 0.4) is 0 Å². The maximum Gasteiger partial charge on any atom is 0.195 e. The Balaban J connectivity index is 2.06. The Morgan fingerprint density at radius 1 is 0.952 bits per heavy atom. The highest BCUT2D eigenvalue weighted by Gasteiger charge is 2.13. The lowest BCUT2D eigenvalue weighted by molar-refractivity contribution is 1.27. The summed E-state index contributed by atoms with van der Waals surface area (Å²) >= 11 is 1.70. The maximum atomic E-state index is 4.76. The Hall–Kier alpha value is -2.13. The van der Waals surface area contributed by atoms with Crippen molar-refractivity contribution in [1.82, 2.24) is 9.38 Å². The van der Waals surface area contributed by atoms with Crippen molar-refractivity contribution in [3.05, 3.63) is 58.5 Å². The van der Waals surface area contributed by atoms with E-state index in [9.17, 15) is 0 Å². The van der Waals surface area contributed by atoms with Gasteiger partial charge in [0.2, 0.25) is 0 Å². The fraction of sp³-hybridized carbons (Fsp3) is 0.167. The molecule has 0 atom stereocenters. The van der Waals surface area contributed by atoms with E-state index in [0.717, 1.165) is 10.5 Å². The topological polar surface area (TPSA) is 17.3 Å². The first-order valence-corrected chi connectivity index (χ1v) is 7.95. The van der Waals surface area contributed by atoms with Crippen LogP contribution >= 0.6 is 11.3 Å². The van der Waals surface area contributed by atoms with Gasteiger partial charge in [0.25, 0.3) is 0 Å². The van der Waals surface area contributed by atoms with E-state index in [-0.39, 0.29) is 0 Å². The second kappa shape index (κ2) is 4.43. The molecule has 0 radical (unpaired) electrons. The van der Waals surface area contributed by atoms with E-state index in [1.807, 2.05) is 0 Å². The fourth-order valence-corrected chi connectivity index (χ4v) is 3.62. The highest BCUT2D eigenvalue weighted by Crippen LogP contribution is 2.31. The molecule has 0 fully saturated rings. The van der Waals surface area contributed by atoms with Crippen LogP contribution in [0, 0.1) is 20.8 Å². The Morgan fingerprint density at radius 3 is 2.43 bits per heavy atom. The number of fused-ring (bicyclic) bond motifs is 3. The van der Waals surface area contributed by atoms with Gasteiger partial charge in [-0.25, -0.2) is 4.98 Å². The molecule has 104 valence electrons. The Labute approximate surface area is 127 Å². The zero-order chi connectivity index (χ0) is 14.6.